The standard InChI is InChI=1S/C20H30/c1-12(2)15-6-7-18-16(15)8-9-19-17(18)5-4-14-10-13(3)11-20(14)19/h9,13-18,20H,1,4-8,10-11H2,2-3H3. The third kappa shape index (κ3) is 1.86. The fourth-order valence-electron chi connectivity index (χ4n) is 6.55. The molecule has 0 aliphatic heterocycles. The molecule has 0 nitrogen and oxygen atoms in total. The lowest BCUT2D eigenvalue weighted by atomic mass is 9.61. The zero-order chi connectivity index (χ0) is 13.9. The summed E-state index contributed by atoms with van der Waals surface area (Å²) in [4.78, 5) is 0. The molecular weight excluding hydrogens is 240 g/mol. The van der Waals surface area contributed by atoms with Gasteiger partial charge in [0.05, 0.1) is 0 Å². The fraction of sp³-hybridized carbons (Fsp3) is 0.800. The quantitative estimate of drug-likeness (QED) is 0.543. The van der Waals surface area contributed by atoms with E-state index in [0.29, 0.717) is 0 Å². The van der Waals surface area contributed by atoms with Gasteiger partial charge in [0.15, 0.2) is 0 Å². The van der Waals surface area contributed by atoms with E-state index in [1.165, 1.54) is 50.5 Å². The van der Waals surface area contributed by atoms with Gasteiger partial charge in [-0.15, -0.1) is 0 Å². The van der Waals surface area contributed by atoms with Gasteiger partial charge in [-0.3, -0.25) is 0 Å². The van der Waals surface area contributed by atoms with Gasteiger partial charge < -0.3 is 0 Å². The van der Waals surface area contributed by atoms with Crippen LogP contribution in [0.25, 0.3) is 0 Å². The number of rotatable bonds is 1. The highest BCUT2D eigenvalue weighted by atomic mass is 14.5. The van der Waals surface area contributed by atoms with Crippen LogP contribution in [0.15, 0.2) is 23.8 Å². The van der Waals surface area contributed by atoms with Crippen molar-refractivity contribution in [2.75, 3.05) is 0 Å². The van der Waals surface area contributed by atoms with E-state index in [9.17, 15) is 0 Å². The Kier molecular flexibility index (Phi) is 3.13. The molecule has 0 aromatic heterocycles. The summed E-state index contributed by atoms with van der Waals surface area (Å²) < 4.78 is 0. The van der Waals surface area contributed by atoms with Gasteiger partial charge in [-0.25, -0.2) is 0 Å². The molecule has 20 heavy (non-hydrogen) atoms. The van der Waals surface area contributed by atoms with E-state index in [4.69, 9.17) is 0 Å². The first-order chi connectivity index (χ1) is 9.65. The first-order valence-electron chi connectivity index (χ1n) is 9.00. The minimum absolute atomic E-state index is 0.832. The Balaban J connectivity index is 1.61. The fourth-order valence-corrected chi connectivity index (χ4v) is 6.55. The summed E-state index contributed by atoms with van der Waals surface area (Å²) >= 11 is 0. The van der Waals surface area contributed by atoms with E-state index in [-0.39, 0.29) is 0 Å². The zero-order valence-electron chi connectivity index (χ0n) is 13.3. The molecule has 0 heteroatoms. The van der Waals surface area contributed by atoms with Crippen LogP contribution < -0.4 is 0 Å². The molecule has 0 aromatic rings. The molecule has 0 aromatic carbocycles. The molecule has 7 unspecified atom stereocenters. The van der Waals surface area contributed by atoms with Crippen LogP contribution in [-0.4, -0.2) is 0 Å². The van der Waals surface area contributed by atoms with Crippen molar-refractivity contribution < 1.29 is 0 Å². The average Bonchev–Trinajstić information content (AvgIpc) is 2.99. The van der Waals surface area contributed by atoms with Crippen LogP contribution in [0, 0.1) is 41.4 Å². The maximum absolute atomic E-state index is 4.27. The number of hydrogen-bond donors (Lipinski definition) is 0. The molecule has 3 saturated carbocycles. The van der Waals surface area contributed by atoms with Gasteiger partial charge in [-0.2, -0.15) is 0 Å². The van der Waals surface area contributed by atoms with Crippen LogP contribution in [0.4, 0.5) is 0 Å². The second kappa shape index (κ2) is 4.75. The predicted octanol–water partition coefficient (Wildman–Crippen LogP) is 5.61. The Hall–Kier alpha value is -0.520. The monoisotopic (exact) mass is 270 g/mol. The Bertz CT molecular complexity index is 443. The first kappa shape index (κ1) is 13.2. The van der Waals surface area contributed by atoms with Gasteiger partial charge in [0.1, 0.15) is 0 Å². The van der Waals surface area contributed by atoms with Crippen LogP contribution >= 0.6 is 0 Å². The molecule has 4 aliphatic carbocycles. The minimum Gasteiger partial charge on any atom is -0.0999 e. The van der Waals surface area contributed by atoms with Crippen LogP contribution in [-0.2, 0) is 0 Å². The molecular formula is C20H30. The second-order valence-corrected chi connectivity index (χ2v) is 8.42. The number of allylic oxidation sites excluding steroid dienone is 3. The van der Waals surface area contributed by atoms with Gasteiger partial charge in [-0.05, 0) is 93.3 Å². The van der Waals surface area contributed by atoms with Crippen LogP contribution in [0.5, 0.6) is 0 Å². The molecule has 0 heterocycles. The van der Waals surface area contributed by atoms with Crippen LogP contribution in [0.2, 0.25) is 0 Å². The summed E-state index contributed by atoms with van der Waals surface area (Å²) in [5, 5.41) is 0. The molecule has 0 bridgehead atoms. The van der Waals surface area contributed by atoms with E-state index >= 15 is 0 Å². The smallest absolute Gasteiger partial charge is 0.0169 e. The molecule has 7 atom stereocenters. The summed E-state index contributed by atoms with van der Waals surface area (Å²) in [6, 6.07) is 0. The van der Waals surface area contributed by atoms with E-state index in [1.54, 1.807) is 0 Å². The van der Waals surface area contributed by atoms with Crippen LogP contribution in [0.3, 0.4) is 0 Å². The molecule has 4 rings (SSSR count). The van der Waals surface area contributed by atoms with Crippen LogP contribution in [0.1, 0.15) is 58.8 Å². The van der Waals surface area contributed by atoms with E-state index in [2.05, 4.69) is 26.5 Å². The lowest BCUT2D eigenvalue weighted by Gasteiger charge is -2.44. The highest BCUT2D eigenvalue weighted by molar-refractivity contribution is 5.24. The third-order valence-corrected chi connectivity index (χ3v) is 7.29. The lowest BCUT2D eigenvalue weighted by molar-refractivity contribution is 0.173. The molecule has 110 valence electrons. The summed E-state index contributed by atoms with van der Waals surface area (Å²) in [6.45, 7) is 9.02. The summed E-state index contributed by atoms with van der Waals surface area (Å²) in [5.41, 5.74) is 3.38. The van der Waals surface area contributed by atoms with Gasteiger partial charge in [-0.1, -0.05) is 30.7 Å². The molecule has 0 amide bonds. The summed E-state index contributed by atoms with van der Waals surface area (Å²) in [7, 11) is 0. The van der Waals surface area contributed by atoms with Crippen molar-refractivity contribution in [2.24, 2.45) is 41.4 Å². The first-order valence-corrected chi connectivity index (χ1v) is 9.00. The summed E-state index contributed by atoms with van der Waals surface area (Å²) in [5.74, 6) is 6.75. The topological polar surface area (TPSA) is 0 Å². The number of fused-ring (bicyclic) bond motifs is 5. The van der Waals surface area contributed by atoms with Gasteiger partial charge in [0.25, 0.3) is 0 Å². The predicted molar refractivity (Wildman–Crippen MR) is 85.3 cm³/mol. The largest absolute Gasteiger partial charge is 0.0999 e. The molecule has 0 spiro atoms. The van der Waals surface area contributed by atoms with Crippen molar-refractivity contribution in [3.8, 4) is 0 Å². The van der Waals surface area contributed by atoms with Crippen molar-refractivity contribution in [3.05, 3.63) is 23.8 Å². The van der Waals surface area contributed by atoms with Crippen molar-refractivity contribution in [3.63, 3.8) is 0 Å². The van der Waals surface area contributed by atoms with Gasteiger partial charge in [0, 0.05) is 0 Å². The van der Waals surface area contributed by atoms with Gasteiger partial charge >= 0.3 is 0 Å². The maximum Gasteiger partial charge on any atom is -0.0169 e. The van der Waals surface area contributed by atoms with E-state index in [1.807, 2.05) is 5.57 Å². The third-order valence-electron chi connectivity index (χ3n) is 7.29. The van der Waals surface area contributed by atoms with Crippen molar-refractivity contribution in [2.45, 2.75) is 58.8 Å². The Labute approximate surface area is 124 Å². The van der Waals surface area contributed by atoms with E-state index < -0.39 is 0 Å². The highest BCUT2D eigenvalue weighted by Crippen LogP contribution is 2.58. The Morgan fingerprint density at radius 3 is 2.70 bits per heavy atom. The lowest BCUT2D eigenvalue weighted by Crippen LogP contribution is -2.34. The molecule has 4 aliphatic rings. The molecule has 0 radical (unpaired) electrons. The van der Waals surface area contributed by atoms with Gasteiger partial charge in [0.2, 0.25) is 0 Å². The normalized spacial score (nSPS) is 50.1. The number of hydrogen-bond acceptors (Lipinski definition) is 0. The zero-order valence-corrected chi connectivity index (χ0v) is 13.3. The minimum atomic E-state index is 0.832. The maximum atomic E-state index is 4.27. The van der Waals surface area contributed by atoms with Crippen molar-refractivity contribution in [1.29, 1.82) is 0 Å². The highest BCUT2D eigenvalue weighted by Gasteiger charge is 2.49. The molecule has 0 N–H and O–H groups in total. The molecule has 0 saturated heterocycles. The van der Waals surface area contributed by atoms with Crippen molar-refractivity contribution >= 4 is 0 Å². The van der Waals surface area contributed by atoms with E-state index in [0.717, 1.165) is 41.4 Å². The Morgan fingerprint density at radius 2 is 1.90 bits per heavy atom. The average molecular weight is 270 g/mol. The molecule has 3 fully saturated rings. The van der Waals surface area contributed by atoms with Crippen molar-refractivity contribution in [1.82, 2.24) is 0 Å². The second-order valence-electron chi connectivity index (χ2n) is 8.42. The Morgan fingerprint density at radius 1 is 1.05 bits per heavy atom. The summed E-state index contributed by atoms with van der Waals surface area (Å²) in [6.07, 6.45) is 13.0. The SMILES string of the molecule is C=C(C)C1CCC2C3CCC4CC(C)CC4C3=CCC12.